The van der Waals surface area contributed by atoms with Gasteiger partial charge in [0, 0.05) is 6.04 Å². The van der Waals surface area contributed by atoms with Gasteiger partial charge in [-0.15, -0.1) is 0 Å². The van der Waals surface area contributed by atoms with Crippen molar-refractivity contribution >= 4 is 6.09 Å². The van der Waals surface area contributed by atoms with Gasteiger partial charge < -0.3 is 9.84 Å². The molecule has 0 aliphatic carbocycles. The van der Waals surface area contributed by atoms with Gasteiger partial charge in [0.2, 0.25) is 0 Å². The molecule has 0 fully saturated rings. The number of alkyl halides is 3. The molecule has 0 rings (SSSR count). The predicted molar refractivity (Wildman–Crippen MR) is 55.6 cm³/mol. The molecule has 4 nitrogen and oxygen atoms in total. The van der Waals surface area contributed by atoms with Gasteiger partial charge in [-0.25, -0.2) is 4.79 Å². The molecule has 7 heteroatoms. The fourth-order valence-electron chi connectivity index (χ4n) is 1.48. The largest absolute Gasteiger partial charge is 0.447 e. The minimum atomic E-state index is -4.46. The molecule has 0 spiro atoms. The Balaban J connectivity index is 4.65. The second kappa shape index (κ2) is 7.37. The molecule has 0 saturated heterocycles. The van der Waals surface area contributed by atoms with Crippen LogP contribution in [0.2, 0.25) is 0 Å². The van der Waals surface area contributed by atoms with Crippen LogP contribution >= 0.6 is 0 Å². The van der Waals surface area contributed by atoms with Crippen LogP contribution in [0.3, 0.4) is 0 Å². The first-order valence-electron chi connectivity index (χ1n) is 5.46. The molecule has 0 aromatic rings. The maximum absolute atomic E-state index is 12.3. The van der Waals surface area contributed by atoms with Crippen LogP contribution in [0.15, 0.2) is 0 Å². The second-order valence-electron chi connectivity index (χ2n) is 3.55. The number of halogens is 3. The van der Waals surface area contributed by atoms with Crippen LogP contribution < -0.4 is 0 Å². The highest BCUT2D eigenvalue weighted by Gasteiger charge is 2.36. The highest BCUT2D eigenvalue weighted by Crippen LogP contribution is 2.21. The first-order valence-corrected chi connectivity index (χ1v) is 5.46. The van der Waals surface area contributed by atoms with Gasteiger partial charge in [-0.2, -0.15) is 13.2 Å². The van der Waals surface area contributed by atoms with Gasteiger partial charge in [-0.05, 0) is 12.8 Å². The van der Waals surface area contributed by atoms with Crippen molar-refractivity contribution in [3.05, 3.63) is 0 Å². The Morgan fingerprint density at radius 1 is 1.35 bits per heavy atom. The molecule has 1 N–H and O–H groups in total. The average Bonchev–Trinajstić information content (AvgIpc) is 2.24. The molecule has 0 radical (unpaired) electrons. The van der Waals surface area contributed by atoms with E-state index >= 15 is 0 Å². The molecule has 0 aliphatic rings. The number of aliphatic hydroxyl groups excluding tert-OH is 1. The van der Waals surface area contributed by atoms with E-state index in [1.807, 2.05) is 0 Å². The number of ether oxygens (including phenoxy) is 1. The van der Waals surface area contributed by atoms with E-state index in [0.29, 0.717) is 17.7 Å². The molecule has 102 valence electrons. The molecule has 0 aromatic carbocycles. The Bertz CT molecular complexity index is 229. The summed E-state index contributed by atoms with van der Waals surface area (Å²) >= 11 is 0. The van der Waals surface area contributed by atoms with E-state index in [-0.39, 0.29) is 6.61 Å². The summed E-state index contributed by atoms with van der Waals surface area (Å²) in [5, 5.41) is 8.46. The molecule has 1 amide bonds. The molecule has 0 bridgehead atoms. The fraction of sp³-hybridized carbons (Fsp3) is 0.900. The summed E-state index contributed by atoms with van der Waals surface area (Å²) in [5.41, 5.74) is 0. The third-order valence-electron chi connectivity index (χ3n) is 2.28. The normalized spacial score (nSPS) is 11.7. The highest BCUT2D eigenvalue weighted by atomic mass is 19.4. The number of amides is 1. The van der Waals surface area contributed by atoms with Crippen LogP contribution in [0.25, 0.3) is 0 Å². The number of nitrogens with zero attached hydrogens (tertiary/aromatic N) is 1. The van der Waals surface area contributed by atoms with Gasteiger partial charge in [0.25, 0.3) is 0 Å². The molecule has 0 aliphatic heterocycles. The highest BCUT2D eigenvalue weighted by molar-refractivity contribution is 5.68. The summed E-state index contributed by atoms with van der Waals surface area (Å²) in [4.78, 5) is 12.1. The zero-order valence-corrected chi connectivity index (χ0v) is 9.96. The van der Waals surface area contributed by atoms with Gasteiger partial charge in [0.05, 0.1) is 6.61 Å². The number of hydrogen-bond acceptors (Lipinski definition) is 3. The number of rotatable bonds is 6. The zero-order valence-electron chi connectivity index (χ0n) is 9.96. The fourth-order valence-corrected chi connectivity index (χ4v) is 1.48. The van der Waals surface area contributed by atoms with E-state index < -0.39 is 31.5 Å². The van der Waals surface area contributed by atoms with Gasteiger partial charge in [0.15, 0.2) is 0 Å². The number of aliphatic hydroxyl groups is 1. The van der Waals surface area contributed by atoms with E-state index in [9.17, 15) is 18.0 Å². The topological polar surface area (TPSA) is 49.8 Å². The van der Waals surface area contributed by atoms with Crippen molar-refractivity contribution in [3.8, 4) is 0 Å². The monoisotopic (exact) mass is 257 g/mol. The molecule has 0 saturated carbocycles. The molecular weight excluding hydrogens is 239 g/mol. The van der Waals surface area contributed by atoms with E-state index in [2.05, 4.69) is 4.74 Å². The number of carbonyl (C=O) groups is 1. The van der Waals surface area contributed by atoms with Crippen LogP contribution in [-0.2, 0) is 4.74 Å². The second-order valence-corrected chi connectivity index (χ2v) is 3.55. The van der Waals surface area contributed by atoms with Crippen LogP contribution in [0.5, 0.6) is 0 Å². The Morgan fingerprint density at radius 3 is 2.24 bits per heavy atom. The van der Waals surface area contributed by atoms with Gasteiger partial charge in [-0.3, -0.25) is 4.90 Å². The van der Waals surface area contributed by atoms with Crippen LogP contribution in [0.1, 0.15) is 26.7 Å². The van der Waals surface area contributed by atoms with Crippen molar-refractivity contribution in [2.45, 2.75) is 38.9 Å². The average molecular weight is 257 g/mol. The van der Waals surface area contributed by atoms with Gasteiger partial charge >= 0.3 is 12.3 Å². The standard InChI is InChI=1S/C10H18F3NO3/c1-3-8(4-2)14(7-10(11,12)13)9(16)17-6-5-15/h8,15H,3-7H2,1-2H3. The van der Waals surface area contributed by atoms with Crippen LogP contribution in [-0.4, -0.2) is 48.1 Å². The van der Waals surface area contributed by atoms with Crippen LogP contribution in [0, 0.1) is 0 Å². The van der Waals surface area contributed by atoms with Gasteiger partial charge in [-0.1, -0.05) is 13.8 Å². The number of hydrogen-bond donors (Lipinski definition) is 1. The first-order chi connectivity index (χ1) is 7.85. The van der Waals surface area contributed by atoms with Crippen molar-refractivity contribution in [1.29, 1.82) is 0 Å². The van der Waals surface area contributed by atoms with E-state index in [4.69, 9.17) is 5.11 Å². The minimum Gasteiger partial charge on any atom is -0.447 e. The SMILES string of the molecule is CCC(CC)N(CC(F)(F)F)C(=O)OCCO. The lowest BCUT2D eigenvalue weighted by molar-refractivity contribution is -0.147. The molecule has 0 heterocycles. The molecule has 0 unspecified atom stereocenters. The smallest absolute Gasteiger partial charge is 0.410 e. The van der Waals surface area contributed by atoms with Crippen molar-refractivity contribution in [2.75, 3.05) is 19.8 Å². The Kier molecular flexibility index (Phi) is 6.94. The third-order valence-corrected chi connectivity index (χ3v) is 2.28. The third kappa shape index (κ3) is 6.35. The summed E-state index contributed by atoms with van der Waals surface area (Å²) in [7, 11) is 0. The summed E-state index contributed by atoms with van der Waals surface area (Å²) in [6, 6.07) is -0.511. The zero-order chi connectivity index (χ0) is 13.5. The molecule has 0 atom stereocenters. The van der Waals surface area contributed by atoms with Crippen molar-refractivity contribution in [2.24, 2.45) is 0 Å². The molecule has 0 aromatic heterocycles. The lowest BCUT2D eigenvalue weighted by Gasteiger charge is -2.30. The summed E-state index contributed by atoms with van der Waals surface area (Å²) in [6.45, 7) is 1.37. The van der Waals surface area contributed by atoms with Crippen molar-refractivity contribution in [3.63, 3.8) is 0 Å². The van der Waals surface area contributed by atoms with E-state index in [1.165, 1.54) is 0 Å². The van der Waals surface area contributed by atoms with E-state index in [1.54, 1.807) is 13.8 Å². The van der Waals surface area contributed by atoms with Gasteiger partial charge in [0.1, 0.15) is 13.2 Å². The Labute approximate surface area is 98.3 Å². The predicted octanol–water partition coefficient (Wildman–Crippen LogP) is 2.17. The van der Waals surface area contributed by atoms with Crippen molar-refractivity contribution < 1.29 is 27.8 Å². The van der Waals surface area contributed by atoms with Crippen molar-refractivity contribution in [1.82, 2.24) is 4.90 Å². The minimum absolute atomic E-state index is 0.298. The summed E-state index contributed by atoms with van der Waals surface area (Å²) in [5.74, 6) is 0. The summed E-state index contributed by atoms with van der Waals surface area (Å²) in [6.07, 6.45) is -4.66. The lowest BCUT2D eigenvalue weighted by Crippen LogP contribution is -2.45. The Hall–Kier alpha value is -0.980. The maximum atomic E-state index is 12.3. The maximum Gasteiger partial charge on any atom is 0.410 e. The first kappa shape index (κ1) is 16.0. The van der Waals surface area contributed by atoms with Crippen LogP contribution in [0.4, 0.5) is 18.0 Å². The molecule has 17 heavy (non-hydrogen) atoms. The van der Waals surface area contributed by atoms with E-state index in [0.717, 1.165) is 0 Å². The summed E-state index contributed by atoms with van der Waals surface area (Å²) < 4.78 is 41.5. The molecular formula is C10H18F3NO3. The quantitative estimate of drug-likeness (QED) is 0.793. The Morgan fingerprint density at radius 2 is 1.88 bits per heavy atom. The lowest BCUT2D eigenvalue weighted by atomic mass is 10.1. The number of carbonyl (C=O) groups excluding carboxylic acids is 1.